The highest BCUT2D eigenvalue weighted by molar-refractivity contribution is 7.53. The quantitative estimate of drug-likeness (QED) is 0.652. The molecule has 0 aliphatic rings. The number of benzene rings is 1. The van der Waals surface area contributed by atoms with Gasteiger partial charge in [-0.3, -0.25) is 0 Å². The third kappa shape index (κ3) is 2.75. The van der Waals surface area contributed by atoms with Crippen LogP contribution in [-0.4, -0.2) is 6.16 Å². The zero-order valence-corrected chi connectivity index (χ0v) is 8.26. The molecule has 0 aromatic heterocycles. The van der Waals surface area contributed by atoms with E-state index in [0.717, 1.165) is 24.3 Å². The van der Waals surface area contributed by atoms with Gasteiger partial charge in [0.05, 0.1) is 0 Å². The Labute approximate surface area is 74.6 Å². The summed E-state index contributed by atoms with van der Waals surface area (Å²) in [5.74, 6) is 0. The van der Waals surface area contributed by atoms with E-state index in [4.69, 9.17) is 0 Å². The monoisotopic (exact) mass is 181 g/mol. The van der Waals surface area contributed by atoms with E-state index in [1.165, 1.54) is 0 Å². The van der Waals surface area contributed by atoms with Crippen LogP contribution in [0.15, 0.2) is 30.3 Å². The van der Waals surface area contributed by atoms with Gasteiger partial charge in [0.15, 0.2) is 11.5 Å². The standard InChI is InChI=1S/C10H14OP/c1-2-3-9-12(11)10-7-5-4-6-8-10/h4-8H,2-3,9H2,1H3/q+1. The normalized spacial score (nSPS) is 11.2. The van der Waals surface area contributed by atoms with Crippen molar-refractivity contribution in [3.63, 3.8) is 0 Å². The van der Waals surface area contributed by atoms with Gasteiger partial charge in [0.2, 0.25) is 0 Å². The lowest BCUT2D eigenvalue weighted by Crippen LogP contribution is -1.96. The number of rotatable bonds is 4. The van der Waals surface area contributed by atoms with E-state index in [1.807, 2.05) is 30.3 Å². The molecule has 0 N–H and O–H groups in total. The first-order chi connectivity index (χ1) is 5.84. The largest absolute Gasteiger partial charge is 0.376 e. The first-order valence-electron chi connectivity index (χ1n) is 4.34. The smallest absolute Gasteiger partial charge is 0.0681 e. The van der Waals surface area contributed by atoms with Crippen molar-refractivity contribution >= 4 is 13.1 Å². The Hall–Kier alpha value is -0.680. The second-order valence-corrected chi connectivity index (χ2v) is 4.51. The first-order valence-corrected chi connectivity index (χ1v) is 5.79. The molecule has 1 aromatic rings. The molecular weight excluding hydrogens is 167 g/mol. The lowest BCUT2D eigenvalue weighted by Gasteiger charge is -1.86. The summed E-state index contributed by atoms with van der Waals surface area (Å²) < 4.78 is 11.6. The molecule has 0 saturated carbocycles. The second kappa shape index (κ2) is 5.05. The van der Waals surface area contributed by atoms with Gasteiger partial charge < -0.3 is 0 Å². The van der Waals surface area contributed by atoms with Crippen LogP contribution in [0.2, 0.25) is 0 Å². The molecule has 1 nitrogen and oxygen atoms in total. The van der Waals surface area contributed by atoms with Gasteiger partial charge in [-0.15, -0.1) is 0 Å². The molecule has 0 aliphatic carbocycles. The molecule has 1 aromatic carbocycles. The third-order valence-corrected chi connectivity index (χ3v) is 3.36. The van der Waals surface area contributed by atoms with Crippen LogP contribution < -0.4 is 5.30 Å². The van der Waals surface area contributed by atoms with Gasteiger partial charge in [-0.2, -0.15) is 0 Å². The van der Waals surface area contributed by atoms with Crippen LogP contribution in [0, 0.1) is 0 Å². The fourth-order valence-corrected chi connectivity index (χ4v) is 2.39. The number of hydrogen-bond donors (Lipinski definition) is 0. The van der Waals surface area contributed by atoms with E-state index in [-0.39, 0.29) is 0 Å². The van der Waals surface area contributed by atoms with Crippen molar-refractivity contribution in [2.45, 2.75) is 19.8 Å². The predicted octanol–water partition coefficient (Wildman–Crippen LogP) is 2.94. The van der Waals surface area contributed by atoms with Crippen molar-refractivity contribution < 1.29 is 4.57 Å². The van der Waals surface area contributed by atoms with Crippen molar-refractivity contribution in [3.8, 4) is 0 Å². The molecule has 0 radical (unpaired) electrons. The Balaban J connectivity index is 2.54. The van der Waals surface area contributed by atoms with Gasteiger partial charge in [0.1, 0.15) is 0 Å². The van der Waals surface area contributed by atoms with Crippen LogP contribution in [0.1, 0.15) is 19.8 Å². The topological polar surface area (TPSA) is 17.1 Å². The summed E-state index contributed by atoms with van der Waals surface area (Å²) in [5.41, 5.74) is 0. The van der Waals surface area contributed by atoms with Crippen LogP contribution in [-0.2, 0) is 4.57 Å². The molecule has 1 unspecified atom stereocenters. The van der Waals surface area contributed by atoms with E-state index in [9.17, 15) is 4.57 Å². The lowest BCUT2D eigenvalue weighted by molar-refractivity contribution is 0.591. The molecule has 0 aliphatic heterocycles. The Morgan fingerprint density at radius 3 is 2.50 bits per heavy atom. The Morgan fingerprint density at radius 2 is 1.92 bits per heavy atom. The average molecular weight is 181 g/mol. The molecule has 0 bridgehead atoms. The van der Waals surface area contributed by atoms with Gasteiger partial charge >= 0.3 is 7.80 Å². The summed E-state index contributed by atoms with van der Waals surface area (Å²) in [6.45, 7) is 2.12. The molecule has 64 valence electrons. The molecule has 0 amide bonds. The summed E-state index contributed by atoms with van der Waals surface area (Å²) in [7, 11) is -1.13. The maximum atomic E-state index is 11.6. The summed E-state index contributed by atoms with van der Waals surface area (Å²) in [6, 6.07) is 9.71. The molecular formula is C10H14OP+. The van der Waals surface area contributed by atoms with E-state index in [0.29, 0.717) is 0 Å². The Kier molecular flexibility index (Phi) is 3.96. The minimum Gasteiger partial charge on any atom is -0.0681 e. The van der Waals surface area contributed by atoms with Gasteiger partial charge in [0.25, 0.3) is 0 Å². The highest BCUT2D eigenvalue weighted by Crippen LogP contribution is 2.20. The zero-order chi connectivity index (χ0) is 8.81. The Morgan fingerprint density at radius 1 is 1.25 bits per heavy atom. The van der Waals surface area contributed by atoms with Crippen molar-refractivity contribution in [2.75, 3.05) is 6.16 Å². The predicted molar refractivity (Wildman–Crippen MR) is 53.5 cm³/mol. The number of unbranched alkanes of at least 4 members (excludes halogenated alkanes) is 1. The third-order valence-electron chi connectivity index (χ3n) is 1.76. The molecule has 12 heavy (non-hydrogen) atoms. The fraction of sp³-hybridized carbons (Fsp3) is 0.400. The second-order valence-electron chi connectivity index (χ2n) is 2.79. The summed E-state index contributed by atoms with van der Waals surface area (Å²) in [5, 5.41) is 0.987. The van der Waals surface area contributed by atoms with Crippen LogP contribution in [0.4, 0.5) is 0 Å². The van der Waals surface area contributed by atoms with E-state index in [1.54, 1.807) is 0 Å². The summed E-state index contributed by atoms with van der Waals surface area (Å²) >= 11 is 0. The maximum Gasteiger partial charge on any atom is 0.376 e. The van der Waals surface area contributed by atoms with E-state index in [2.05, 4.69) is 6.92 Å². The van der Waals surface area contributed by atoms with Crippen molar-refractivity contribution in [1.82, 2.24) is 0 Å². The summed E-state index contributed by atoms with van der Waals surface area (Å²) in [6.07, 6.45) is 3.01. The first kappa shape index (κ1) is 9.41. The number of hydrogen-bond acceptors (Lipinski definition) is 1. The van der Waals surface area contributed by atoms with Gasteiger partial charge in [-0.05, 0) is 18.6 Å². The van der Waals surface area contributed by atoms with Crippen LogP contribution in [0.5, 0.6) is 0 Å². The molecule has 0 heterocycles. The molecule has 2 heteroatoms. The van der Waals surface area contributed by atoms with Crippen molar-refractivity contribution in [2.24, 2.45) is 0 Å². The maximum absolute atomic E-state index is 11.6. The minimum absolute atomic E-state index is 0.829. The fourth-order valence-electron chi connectivity index (χ4n) is 1.03. The van der Waals surface area contributed by atoms with Gasteiger partial charge in [-0.1, -0.05) is 36.1 Å². The molecule has 0 spiro atoms. The average Bonchev–Trinajstić information content (AvgIpc) is 2.15. The van der Waals surface area contributed by atoms with E-state index < -0.39 is 7.80 Å². The molecule has 1 atom stereocenters. The van der Waals surface area contributed by atoms with E-state index >= 15 is 0 Å². The molecule has 0 saturated heterocycles. The molecule has 0 fully saturated rings. The zero-order valence-electron chi connectivity index (χ0n) is 7.36. The highest BCUT2D eigenvalue weighted by Gasteiger charge is 2.16. The van der Waals surface area contributed by atoms with Gasteiger partial charge in [0, 0.05) is 0 Å². The SMILES string of the molecule is CCCC[P+](=O)c1ccccc1. The van der Waals surface area contributed by atoms with Crippen molar-refractivity contribution in [1.29, 1.82) is 0 Å². The van der Waals surface area contributed by atoms with Crippen LogP contribution >= 0.6 is 7.80 Å². The van der Waals surface area contributed by atoms with Crippen LogP contribution in [0.3, 0.4) is 0 Å². The molecule has 1 rings (SSSR count). The van der Waals surface area contributed by atoms with Gasteiger partial charge in [-0.25, -0.2) is 0 Å². The summed E-state index contributed by atoms with van der Waals surface area (Å²) in [4.78, 5) is 0. The minimum atomic E-state index is -1.13. The lowest BCUT2D eigenvalue weighted by atomic mass is 10.4. The Bertz CT molecular complexity index is 243. The van der Waals surface area contributed by atoms with Crippen LogP contribution in [0.25, 0.3) is 0 Å². The van der Waals surface area contributed by atoms with Crippen molar-refractivity contribution in [3.05, 3.63) is 30.3 Å². The highest BCUT2D eigenvalue weighted by atomic mass is 31.1.